The van der Waals surface area contributed by atoms with E-state index < -0.39 is 12.7 Å². The molecule has 0 aromatic rings. The fourth-order valence-electron chi connectivity index (χ4n) is 2.26. The van der Waals surface area contributed by atoms with Gasteiger partial charge in [0.1, 0.15) is 0 Å². The average Bonchev–Trinajstić information content (AvgIpc) is 2.05. The van der Waals surface area contributed by atoms with Crippen molar-refractivity contribution in [3.05, 3.63) is 0 Å². The van der Waals surface area contributed by atoms with Crippen LogP contribution in [0.2, 0.25) is 0 Å². The number of rotatable bonds is 3. The molecule has 0 bridgehead atoms. The molecule has 0 aliphatic carbocycles. The summed E-state index contributed by atoms with van der Waals surface area (Å²) in [5.74, 6) is 0. The monoisotopic (exact) mass is 238 g/mol. The minimum Gasteiger partial charge on any atom is -0.312 e. The molecular weight excluding hydrogens is 217 g/mol. The third-order valence-corrected chi connectivity index (χ3v) is 3.28. The standard InChI is InChI=1S/C11H21F3N2/c1-10(2)5-4-6-15-9(10)7-16(3)8-11(12,13)14/h9,15H,4-8H2,1-3H3. The molecule has 0 radical (unpaired) electrons. The van der Waals surface area contributed by atoms with E-state index in [9.17, 15) is 13.2 Å². The Morgan fingerprint density at radius 1 is 1.38 bits per heavy atom. The molecule has 0 aromatic heterocycles. The highest BCUT2D eigenvalue weighted by Gasteiger charge is 2.35. The van der Waals surface area contributed by atoms with Crippen LogP contribution in [0.1, 0.15) is 26.7 Å². The molecule has 0 amide bonds. The van der Waals surface area contributed by atoms with E-state index in [0.717, 1.165) is 19.4 Å². The quantitative estimate of drug-likeness (QED) is 0.811. The van der Waals surface area contributed by atoms with Gasteiger partial charge in [-0.15, -0.1) is 0 Å². The van der Waals surface area contributed by atoms with Gasteiger partial charge in [-0.3, -0.25) is 4.90 Å². The summed E-state index contributed by atoms with van der Waals surface area (Å²) in [6.07, 6.45) is -1.93. The van der Waals surface area contributed by atoms with E-state index >= 15 is 0 Å². The molecule has 16 heavy (non-hydrogen) atoms. The van der Waals surface area contributed by atoms with Gasteiger partial charge < -0.3 is 5.32 Å². The lowest BCUT2D eigenvalue weighted by Crippen LogP contribution is -2.53. The van der Waals surface area contributed by atoms with E-state index in [1.165, 1.54) is 11.9 Å². The molecule has 1 saturated heterocycles. The summed E-state index contributed by atoms with van der Waals surface area (Å²) in [5, 5.41) is 3.32. The number of halogens is 3. The van der Waals surface area contributed by atoms with Crippen LogP contribution in [0, 0.1) is 5.41 Å². The van der Waals surface area contributed by atoms with Crippen molar-refractivity contribution < 1.29 is 13.2 Å². The molecule has 1 fully saturated rings. The predicted molar refractivity (Wildman–Crippen MR) is 58.4 cm³/mol. The number of piperidine rings is 1. The molecule has 5 heteroatoms. The van der Waals surface area contributed by atoms with Gasteiger partial charge in [0.15, 0.2) is 0 Å². The van der Waals surface area contributed by atoms with Crippen molar-refractivity contribution in [1.82, 2.24) is 10.2 Å². The Balaban J connectivity index is 2.46. The van der Waals surface area contributed by atoms with Crippen molar-refractivity contribution in [2.24, 2.45) is 5.41 Å². The van der Waals surface area contributed by atoms with Gasteiger partial charge >= 0.3 is 6.18 Å². The number of nitrogens with one attached hydrogen (secondary N) is 1. The molecule has 0 aromatic carbocycles. The minimum atomic E-state index is -4.10. The largest absolute Gasteiger partial charge is 0.401 e. The molecule has 1 N–H and O–H groups in total. The van der Waals surface area contributed by atoms with Crippen molar-refractivity contribution in [1.29, 1.82) is 0 Å². The van der Waals surface area contributed by atoms with Crippen LogP contribution in [-0.2, 0) is 0 Å². The predicted octanol–water partition coefficient (Wildman–Crippen LogP) is 2.26. The highest BCUT2D eigenvalue weighted by Crippen LogP contribution is 2.30. The van der Waals surface area contributed by atoms with Gasteiger partial charge in [0.2, 0.25) is 0 Å². The SMILES string of the molecule is CN(CC1NCCCC1(C)C)CC(F)(F)F. The van der Waals surface area contributed by atoms with Crippen LogP contribution in [0.5, 0.6) is 0 Å². The second-order valence-corrected chi connectivity index (χ2v) is 5.41. The number of nitrogens with zero attached hydrogens (tertiary/aromatic N) is 1. The van der Waals surface area contributed by atoms with Crippen LogP contribution in [0.3, 0.4) is 0 Å². The summed E-state index contributed by atoms with van der Waals surface area (Å²) < 4.78 is 36.6. The zero-order valence-corrected chi connectivity index (χ0v) is 10.2. The van der Waals surface area contributed by atoms with Gasteiger partial charge in [-0.1, -0.05) is 13.8 Å². The number of hydrogen-bond acceptors (Lipinski definition) is 2. The molecule has 1 rings (SSSR count). The average molecular weight is 238 g/mol. The Morgan fingerprint density at radius 3 is 2.50 bits per heavy atom. The molecule has 96 valence electrons. The van der Waals surface area contributed by atoms with Gasteiger partial charge in [-0.25, -0.2) is 0 Å². The van der Waals surface area contributed by atoms with Crippen molar-refractivity contribution in [2.75, 3.05) is 26.7 Å². The van der Waals surface area contributed by atoms with Crippen LogP contribution in [0.4, 0.5) is 13.2 Å². The summed E-state index contributed by atoms with van der Waals surface area (Å²) in [4.78, 5) is 1.35. The third kappa shape index (κ3) is 4.29. The van der Waals surface area contributed by atoms with Crippen LogP contribution >= 0.6 is 0 Å². The zero-order valence-electron chi connectivity index (χ0n) is 10.2. The third-order valence-electron chi connectivity index (χ3n) is 3.28. The highest BCUT2D eigenvalue weighted by molar-refractivity contribution is 4.89. The first-order valence-electron chi connectivity index (χ1n) is 5.69. The summed E-state index contributed by atoms with van der Waals surface area (Å²) >= 11 is 0. The number of likely N-dealkylation sites (N-methyl/N-ethyl adjacent to an activating group) is 1. The van der Waals surface area contributed by atoms with E-state index in [0.29, 0.717) is 6.54 Å². The van der Waals surface area contributed by atoms with Crippen LogP contribution in [0.15, 0.2) is 0 Å². The molecule has 1 atom stereocenters. The van der Waals surface area contributed by atoms with Gasteiger partial charge in [0, 0.05) is 12.6 Å². The van der Waals surface area contributed by atoms with E-state index in [4.69, 9.17) is 0 Å². The molecule has 1 heterocycles. The molecule has 1 aliphatic heterocycles. The first-order valence-corrected chi connectivity index (χ1v) is 5.69. The van der Waals surface area contributed by atoms with Crippen LogP contribution in [-0.4, -0.2) is 43.8 Å². The Morgan fingerprint density at radius 2 is 2.00 bits per heavy atom. The van der Waals surface area contributed by atoms with Gasteiger partial charge in [-0.05, 0) is 31.8 Å². The van der Waals surface area contributed by atoms with E-state index in [2.05, 4.69) is 19.2 Å². The van der Waals surface area contributed by atoms with Crippen molar-refractivity contribution in [3.63, 3.8) is 0 Å². The fourth-order valence-corrected chi connectivity index (χ4v) is 2.26. The maximum Gasteiger partial charge on any atom is 0.401 e. The first-order chi connectivity index (χ1) is 7.21. The Kier molecular flexibility index (Phi) is 4.23. The molecular formula is C11H21F3N2. The first kappa shape index (κ1) is 13.8. The van der Waals surface area contributed by atoms with E-state index in [-0.39, 0.29) is 11.5 Å². The molecule has 0 spiro atoms. The molecule has 2 nitrogen and oxygen atoms in total. The summed E-state index contributed by atoms with van der Waals surface area (Å²) in [6.45, 7) is 4.76. The lowest BCUT2D eigenvalue weighted by molar-refractivity contribution is -0.144. The fraction of sp³-hybridized carbons (Fsp3) is 1.00. The lowest BCUT2D eigenvalue weighted by atomic mass is 9.77. The highest BCUT2D eigenvalue weighted by atomic mass is 19.4. The minimum absolute atomic E-state index is 0.0815. The Hall–Kier alpha value is -0.290. The Labute approximate surface area is 95.2 Å². The normalized spacial score (nSPS) is 26.1. The number of hydrogen-bond donors (Lipinski definition) is 1. The maximum absolute atomic E-state index is 12.2. The summed E-state index contributed by atoms with van der Waals surface area (Å²) in [7, 11) is 1.53. The molecule has 0 saturated carbocycles. The van der Waals surface area contributed by atoms with Crippen molar-refractivity contribution in [2.45, 2.75) is 38.9 Å². The second kappa shape index (κ2) is 4.92. The number of alkyl halides is 3. The summed E-state index contributed by atoms with van der Waals surface area (Å²) in [5.41, 5.74) is 0.0815. The Bertz CT molecular complexity index is 226. The zero-order chi connectivity index (χ0) is 12.4. The smallest absolute Gasteiger partial charge is 0.312 e. The topological polar surface area (TPSA) is 15.3 Å². The van der Waals surface area contributed by atoms with Crippen molar-refractivity contribution in [3.8, 4) is 0 Å². The van der Waals surface area contributed by atoms with Crippen molar-refractivity contribution >= 4 is 0 Å². The van der Waals surface area contributed by atoms with Gasteiger partial charge in [0.05, 0.1) is 6.54 Å². The lowest BCUT2D eigenvalue weighted by Gasteiger charge is -2.41. The van der Waals surface area contributed by atoms with E-state index in [1.807, 2.05) is 0 Å². The van der Waals surface area contributed by atoms with Gasteiger partial charge in [-0.2, -0.15) is 13.2 Å². The summed E-state index contributed by atoms with van der Waals surface area (Å²) in [6, 6.07) is 0.147. The maximum atomic E-state index is 12.2. The van der Waals surface area contributed by atoms with Crippen LogP contribution < -0.4 is 5.32 Å². The molecule has 1 aliphatic rings. The van der Waals surface area contributed by atoms with E-state index in [1.54, 1.807) is 0 Å². The molecule has 1 unspecified atom stereocenters. The van der Waals surface area contributed by atoms with Gasteiger partial charge in [0.25, 0.3) is 0 Å². The second-order valence-electron chi connectivity index (χ2n) is 5.41. The van der Waals surface area contributed by atoms with Crippen LogP contribution in [0.25, 0.3) is 0 Å².